The van der Waals surface area contributed by atoms with E-state index in [0.717, 1.165) is 93.4 Å². The van der Waals surface area contributed by atoms with Crippen LogP contribution in [0.4, 0.5) is 0 Å². The number of hydrogen-bond acceptors (Lipinski definition) is 7. The van der Waals surface area contributed by atoms with Crippen molar-refractivity contribution in [3.63, 3.8) is 0 Å². The minimum Gasteiger partial charge on any atom is -0.631 e. The van der Waals surface area contributed by atoms with Crippen molar-refractivity contribution in [1.82, 2.24) is 19.1 Å². The van der Waals surface area contributed by atoms with Crippen LogP contribution in [0.2, 0.25) is 0 Å². The number of ether oxygens (including phenoxy) is 2. The van der Waals surface area contributed by atoms with Gasteiger partial charge in [-0.1, -0.05) is 58.4 Å². The molecular formula is C54H26B2N6O3Pt2S2+2. The van der Waals surface area contributed by atoms with Crippen molar-refractivity contribution in [1.29, 1.82) is 0 Å². The number of pyridine rings is 2. The summed E-state index contributed by atoms with van der Waals surface area (Å²) in [6.45, 7) is -0.384. The molecule has 9 nitrogen and oxygen atoms in total. The molecule has 15 rings (SSSR count). The zero-order chi connectivity index (χ0) is 44.1. The molecule has 326 valence electrons. The summed E-state index contributed by atoms with van der Waals surface area (Å²) in [5.41, 5.74) is 13.6. The maximum absolute atomic E-state index is 6.56. The molecule has 0 saturated carbocycles. The summed E-state index contributed by atoms with van der Waals surface area (Å²) >= 11 is 3.57. The van der Waals surface area contributed by atoms with Crippen LogP contribution in [0.1, 0.15) is 0 Å². The number of rotatable bonds is 4. The van der Waals surface area contributed by atoms with Crippen molar-refractivity contribution in [3.05, 3.63) is 171 Å². The van der Waals surface area contributed by atoms with E-state index in [0.29, 0.717) is 22.8 Å². The van der Waals surface area contributed by atoms with Crippen LogP contribution in [0.5, 0.6) is 23.0 Å². The van der Waals surface area contributed by atoms with Gasteiger partial charge in [-0.3, -0.25) is 9.97 Å². The third-order valence-corrected chi connectivity index (χ3v) is 15.3. The molecule has 9 heterocycles. The molecule has 11 aromatic rings. The molecule has 0 unspecified atom stereocenters. The third-order valence-electron chi connectivity index (χ3n) is 13.0. The van der Waals surface area contributed by atoms with E-state index < -0.39 is 0 Å². The first-order valence-corrected chi connectivity index (χ1v) is 23.3. The SMILES string of the molecule is C[n+]1[c-]n(-c2[c-]c3c(cc2)Oc2cccc4c2B3c2[c-]c(-c3[c-]oc(-c5[c-]c6c(cc5)Sc5cccc7c5B6c5[c-]c(-n6[c-][n+](C)c8cccnc86)ccc5S7)[c-]3)ccc2O4)c2ncccc21.[Pt+4].[Pt+4]. The van der Waals surface area contributed by atoms with Crippen LogP contribution in [-0.2, 0) is 56.2 Å². The number of imidazole rings is 2. The Labute approximate surface area is 434 Å². The molecule has 0 amide bonds. The maximum atomic E-state index is 6.56. The van der Waals surface area contributed by atoms with E-state index >= 15 is 0 Å². The molecule has 0 radical (unpaired) electrons. The van der Waals surface area contributed by atoms with Crippen LogP contribution in [-0.4, -0.2) is 32.5 Å². The second-order valence-corrected chi connectivity index (χ2v) is 19.0. The maximum Gasteiger partial charge on any atom is 4.00 e. The zero-order valence-corrected chi connectivity index (χ0v) is 42.2. The zero-order valence-electron chi connectivity index (χ0n) is 36.1. The molecule has 6 aromatic carbocycles. The summed E-state index contributed by atoms with van der Waals surface area (Å²) < 4.78 is 27.2. The molecule has 0 fully saturated rings. The molecule has 0 spiro atoms. The molecule has 5 aromatic heterocycles. The predicted molar refractivity (Wildman–Crippen MR) is 255 cm³/mol. The van der Waals surface area contributed by atoms with Gasteiger partial charge in [0.25, 0.3) is 0 Å². The third kappa shape index (κ3) is 6.43. The molecule has 0 atom stereocenters. The molecule has 4 aliphatic rings. The van der Waals surface area contributed by atoms with Crippen molar-refractivity contribution in [3.8, 4) is 56.8 Å². The van der Waals surface area contributed by atoms with E-state index in [1.165, 1.54) is 15.3 Å². The Morgan fingerprint density at radius 1 is 0.507 bits per heavy atom. The fourth-order valence-electron chi connectivity index (χ4n) is 10.0. The Hall–Kier alpha value is -6.35. The monoisotopic (exact) mass is 1280 g/mol. The molecule has 0 aliphatic carbocycles. The summed E-state index contributed by atoms with van der Waals surface area (Å²) in [6.07, 6.45) is 13.6. The summed E-state index contributed by atoms with van der Waals surface area (Å²) in [5.74, 6) is 3.44. The van der Waals surface area contributed by atoms with Gasteiger partial charge < -0.3 is 49.4 Å². The summed E-state index contributed by atoms with van der Waals surface area (Å²) in [6, 6.07) is 55.7. The van der Waals surface area contributed by atoms with Gasteiger partial charge in [-0.2, -0.15) is 47.6 Å². The molecular weight excluding hydrogens is 1260 g/mol. The minimum atomic E-state index is -0.283. The Bertz CT molecular complexity index is 3710. The van der Waals surface area contributed by atoms with Gasteiger partial charge in [0.15, 0.2) is 0 Å². The van der Waals surface area contributed by atoms with Crippen molar-refractivity contribution in [2.24, 2.45) is 14.1 Å². The van der Waals surface area contributed by atoms with Crippen LogP contribution in [0.15, 0.2) is 146 Å². The quantitative estimate of drug-likeness (QED) is 0.131. The van der Waals surface area contributed by atoms with Gasteiger partial charge in [0.05, 0.1) is 25.1 Å². The largest absolute Gasteiger partial charge is 4.00 e. The number of fused-ring (bicyclic) bond motifs is 10. The van der Waals surface area contributed by atoms with Crippen molar-refractivity contribution < 1.29 is 65.2 Å². The number of aromatic nitrogens is 6. The standard InChI is InChI=1S/C54H26B2N6O3S2.2Pt/c1-59-29-61(53-40(59)7-5-21-57-53)34-15-18-43-37(26-34)55-36-23-31(13-17-42(36)64-44-9-3-10-45(65-43)51(44)55)33-25-46(63-28-33)32-14-19-47-38(24-32)56-39-27-35(62-30-60(2)41-8-6-22-58-54(41)62)16-20-48(39)67-50-12-4-11-49(66-47)52(50)56;;/h3-22H,1-2H3;;/q-6;2*+4. The molecule has 69 heavy (non-hydrogen) atoms. The van der Waals surface area contributed by atoms with E-state index in [4.69, 9.17) is 18.9 Å². The van der Waals surface area contributed by atoms with Gasteiger partial charge >= 0.3 is 42.1 Å². The second kappa shape index (κ2) is 16.1. The van der Waals surface area contributed by atoms with Crippen molar-refractivity contribution in [2.75, 3.05) is 0 Å². The number of furan rings is 1. The van der Waals surface area contributed by atoms with Gasteiger partial charge in [-0.15, -0.1) is 75.2 Å². The minimum absolute atomic E-state index is 0. The Kier molecular flexibility index (Phi) is 9.97. The number of aryl methyl sites for hydroxylation is 2. The summed E-state index contributed by atoms with van der Waals surface area (Å²) in [5, 5.41) is 0. The first-order valence-electron chi connectivity index (χ1n) is 21.7. The van der Waals surface area contributed by atoms with Crippen molar-refractivity contribution >= 4 is 92.1 Å². The number of benzene rings is 6. The molecule has 4 aliphatic heterocycles. The van der Waals surface area contributed by atoms with Crippen LogP contribution >= 0.6 is 23.5 Å². The van der Waals surface area contributed by atoms with Crippen LogP contribution < -0.4 is 51.4 Å². The average Bonchev–Trinajstić information content (AvgIpc) is 4.09. The average molecular weight is 1280 g/mol. The van der Waals surface area contributed by atoms with Crippen molar-refractivity contribution in [2.45, 2.75) is 19.6 Å². The van der Waals surface area contributed by atoms with E-state index in [1.807, 2.05) is 99.2 Å². The summed E-state index contributed by atoms with van der Waals surface area (Å²) in [7, 11) is 3.96. The van der Waals surface area contributed by atoms with E-state index in [1.54, 1.807) is 29.7 Å². The topological polar surface area (TPSA) is 75.0 Å². The number of nitrogens with zero attached hydrogens (tertiary/aromatic N) is 6. The molecule has 0 bridgehead atoms. The van der Waals surface area contributed by atoms with E-state index in [-0.39, 0.29) is 55.6 Å². The van der Waals surface area contributed by atoms with Gasteiger partial charge in [0.2, 0.25) is 26.1 Å². The van der Waals surface area contributed by atoms with Crippen LogP contribution in [0, 0.1) is 49.2 Å². The number of hydrogen-bond donors (Lipinski definition) is 0. The van der Waals surface area contributed by atoms with Gasteiger partial charge in [0, 0.05) is 29.4 Å². The molecule has 0 N–H and O–H groups in total. The van der Waals surface area contributed by atoms with Crippen LogP contribution in [0.3, 0.4) is 0 Å². The van der Waals surface area contributed by atoms with Gasteiger partial charge in [-0.25, -0.2) is 12.1 Å². The first kappa shape index (κ1) is 42.7. The van der Waals surface area contributed by atoms with Crippen LogP contribution in [0.25, 0.3) is 56.2 Å². The first-order chi connectivity index (χ1) is 33.0. The Morgan fingerprint density at radius 2 is 1.04 bits per heavy atom. The van der Waals surface area contributed by atoms with Gasteiger partial charge in [-0.05, 0) is 39.5 Å². The smallest absolute Gasteiger partial charge is 0.631 e. The van der Waals surface area contributed by atoms with E-state index in [2.05, 4.69) is 103 Å². The second-order valence-electron chi connectivity index (χ2n) is 16.9. The molecule has 15 heteroatoms. The Balaban J connectivity index is 0.00000234. The molecule has 0 saturated heterocycles. The summed E-state index contributed by atoms with van der Waals surface area (Å²) in [4.78, 5) is 14.2. The van der Waals surface area contributed by atoms with E-state index in [9.17, 15) is 0 Å². The normalized spacial score (nSPS) is 13.2. The fraction of sp³-hybridized carbons (Fsp3) is 0.0370. The van der Waals surface area contributed by atoms with Gasteiger partial charge in [0.1, 0.15) is 22.8 Å². The predicted octanol–water partition coefficient (Wildman–Crippen LogP) is 5.51. The fourth-order valence-corrected chi connectivity index (χ4v) is 12.4. The Morgan fingerprint density at radius 3 is 1.72 bits per heavy atom.